The zero-order valence-corrected chi connectivity index (χ0v) is 19.2. The van der Waals surface area contributed by atoms with Gasteiger partial charge in [0.25, 0.3) is 0 Å². The van der Waals surface area contributed by atoms with Crippen LogP contribution in [0, 0.1) is 19.8 Å². The van der Waals surface area contributed by atoms with Gasteiger partial charge in [0.2, 0.25) is 5.89 Å². The van der Waals surface area contributed by atoms with Crippen molar-refractivity contribution in [2.75, 3.05) is 20.2 Å². The molecule has 0 atom stereocenters. The van der Waals surface area contributed by atoms with Crippen molar-refractivity contribution >= 4 is 29.9 Å². The molecule has 0 aliphatic carbocycles. The van der Waals surface area contributed by atoms with Crippen LogP contribution in [-0.2, 0) is 13.0 Å². The number of aliphatic imine (C=N–C) groups is 1. The zero-order valence-electron chi connectivity index (χ0n) is 16.8. The van der Waals surface area contributed by atoms with Crippen LogP contribution in [0.2, 0.25) is 0 Å². The van der Waals surface area contributed by atoms with Gasteiger partial charge < -0.3 is 19.8 Å². The second-order valence-electron chi connectivity index (χ2n) is 6.70. The molecule has 0 saturated carbocycles. The molecule has 0 amide bonds. The Bertz CT molecular complexity index is 692. The highest BCUT2D eigenvalue weighted by Gasteiger charge is 2.06. The Morgan fingerprint density at radius 2 is 1.89 bits per heavy atom. The van der Waals surface area contributed by atoms with Crippen molar-refractivity contribution in [3.63, 3.8) is 0 Å². The first kappa shape index (κ1) is 23.3. The van der Waals surface area contributed by atoms with Gasteiger partial charge in [-0.2, -0.15) is 0 Å². The maximum absolute atomic E-state index is 5.71. The molecule has 2 rings (SSSR count). The van der Waals surface area contributed by atoms with E-state index in [0.717, 1.165) is 42.7 Å². The minimum absolute atomic E-state index is 0. The number of benzene rings is 1. The SMILES string of the molecule is CN=C(NCCc1ccc(OCC(C)C)cc1)NCc1nc(C)c(C)o1.I. The van der Waals surface area contributed by atoms with Crippen molar-refractivity contribution in [3.8, 4) is 5.75 Å². The Morgan fingerprint density at radius 3 is 2.44 bits per heavy atom. The summed E-state index contributed by atoms with van der Waals surface area (Å²) in [4.78, 5) is 8.58. The molecule has 0 radical (unpaired) electrons. The summed E-state index contributed by atoms with van der Waals surface area (Å²) in [6, 6.07) is 8.26. The number of oxazole rings is 1. The molecule has 0 bridgehead atoms. The van der Waals surface area contributed by atoms with Gasteiger partial charge in [0, 0.05) is 13.6 Å². The molecule has 0 aliphatic heterocycles. The van der Waals surface area contributed by atoms with Crippen LogP contribution in [0.1, 0.15) is 36.8 Å². The predicted molar refractivity (Wildman–Crippen MR) is 120 cm³/mol. The largest absolute Gasteiger partial charge is 0.493 e. The molecule has 6 nitrogen and oxygen atoms in total. The Hall–Kier alpha value is -1.77. The van der Waals surface area contributed by atoms with Crippen molar-refractivity contribution in [2.45, 2.75) is 40.7 Å². The van der Waals surface area contributed by atoms with Crippen LogP contribution in [-0.4, -0.2) is 31.1 Å². The monoisotopic (exact) mass is 486 g/mol. The van der Waals surface area contributed by atoms with Crippen LogP contribution in [0.4, 0.5) is 0 Å². The molecule has 1 aromatic carbocycles. The topological polar surface area (TPSA) is 71.7 Å². The number of aryl methyl sites for hydroxylation is 2. The summed E-state index contributed by atoms with van der Waals surface area (Å²) in [5, 5.41) is 6.51. The van der Waals surface area contributed by atoms with E-state index in [0.29, 0.717) is 18.4 Å². The van der Waals surface area contributed by atoms with Gasteiger partial charge >= 0.3 is 0 Å². The van der Waals surface area contributed by atoms with E-state index in [1.165, 1.54) is 5.56 Å². The van der Waals surface area contributed by atoms with Gasteiger partial charge in [-0.15, -0.1) is 24.0 Å². The van der Waals surface area contributed by atoms with Crippen molar-refractivity contribution < 1.29 is 9.15 Å². The average molecular weight is 486 g/mol. The third kappa shape index (κ3) is 8.19. The van der Waals surface area contributed by atoms with Gasteiger partial charge in [-0.1, -0.05) is 26.0 Å². The van der Waals surface area contributed by atoms with Gasteiger partial charge in [-0.05, 0) is 43.9 Å². The molecule has 0 fully saturated rings. The van der Waals surface area contributed by atoms with Gasteiger partial charge in [0.05, 0.1) is 18.8 Å². The highest BCUT2D eigenvalue weighted by atomic mass is 127. The molecule has 0 unspecified atom stereocenters. The van der Waals surface area contributed by atoms with E-state index in [1.807, 2.05) is 26.0 Å². The smallest absolute Gasteiger partial charge is 0.214 e. The van der Waals surface area contributed by atoms with Crippen LogP contribution < -0.4 is 15.4 Å². The fourth-order valence-corrected chi connectivity index (χ4v) is 2.34. The Labute approximate surface area is 179 Å². The lowest BCUT2D eigenvalue weighted by Gasteiger charge is -2.11. The highest BCUT2D eigenvalue weighted by molar-refractivity contribution is 14.0. The number of hydrogen-bond acceptors (Lipinski definition) is 4. The first-order valence-corrected chi connectivity index (χ1v) is 9.07. The summed E-state index contributed by atoms with van der Waals surface area (Å²) in [7, 11) is 1.75. The summed E-state index contributed by atoms with van der Waals surface area (Å²) in [5.41, 5.74) is 2.18. The van der Waals surface area contributed by atoms with Crippen molar-refractivity contribution in [1.82, 2.24) is 15.6 Å². The van der Waals surface area contributed by atoms with Crippen molar-refractivity contribution in [1.29, 1.82) is 0 Å². The third-order valence-corrected chi connectivity index (χ3v) is 3.92. The molecule has 0 saturated heterocycles. The number of halogens is 1. The second kappa shape index (κ2) is 11.8. The maximum Gasteiger partial charge on any atom is 0.214 e. The van der Waals surface area contributed by atoms with Crippen LogP contribution in [0.5, 0.6) is 5.75 Å². The molecular formula is C20H31IN4O2. The van der Waals surface area contributed by atoms with Crippen LogP contribution >= 0.6 is 24.0 Å². The Kier molecular flexibility index (Phi) is 10.2. The van der Waals surface area contributed by atoms with E-state index in [9.17, 15) is 0 Å². The molecular weight excluding hydrogens is 455 g/mol. The van der Waals surface area contributed by atoms with Crippen LogP contribution in [0.25, 0.3) is 0 Å². The average Bonchev–Trinajstić information content (AvgIpc) is 2.95. The van der Waals surface area contributed by atoms with Crippen molar-refractivity contribution in [2.24, 2.45) is 10.9 Å². The van der Waals surface area contributed by atoms with Crippen LogP contribution in [0.3, 0.4) is 0 Å². The molecule has 1 aromatic heterocycles. The maximum atomic E-state index is 5.71. The molecule has 1 heterocycles. The first-order valence-electron chi connectivity index (χ1n) is 9.07. The van der Waals surface area contributed by atoms with E-state index in [4.69, 9.17) is 9.15 Å². The molecule has 2 N–H and O–H groups in total. The summed E-state index contributed by atoms with van der Waals surface area (Å²) in [6.45, 7) is 10.2. The standard InChI is InChI=1S/C20H30N4O2.HI/c1-14(2)13-25-18-8-6-17(7-9-18)10-11-22-20(21-5)23-12-19-24-15(3)16(4)26-19;/h6-9,14H,10-13H2,1-5H3,(H2,21,22,23);1H. The number of nitrogens with zero attached hydrogens (tertiary/aromatic N) is 2. The number of aromatic nitrogens is 1. The fraction of sp³-hybridized carbons (Fsp3) is 0.500. The van der Waals surface area contributed by atoms with Gasteiger partial charge in [-0.3, -0.25) is 4.99 Å². The molecule has 7 heteroatoms. The predicted octanol–water partition coefficient (Wildman–Crippen LogP) is 3.85. The second-order valence-corrected chi connectivity index (χ2v) is 6.70. The molecule has 150 valence electrons. The third-order valence-electron chi connectivity index (χ3n) is 3.92. The number of nitrogens with one attached hydrogen (secondary N) is 2. The van der Waals surface area contributed by atoms with Crippen LogP contribution in [0.15, 0.2) is 33.7 Å². The minimum atomic E-state index is 0. The zero-order chi connectivity index (χ0) is 18.9. The van der Waals surface area contributed by atoms with E-state index in [2.05, 4.69) is 46.6 Å². The van der Waals surface area contributed by atoms with E-state index in [1.54, 1.807) is 7.05 Å². The van der Waals surface area contributed by atoms with E-state index in [-0.39, 0.29) is 24.0 Å². The molecule has 0 aliphatic rings. The normalized spacial score (nSPS) is 11.3. The minimum Gasteiger partial charge on any atom is -0.493 e. The first-order chi connectivity index (χ1) is 12.5. The summed E-state index contributed by atoms with van der Waals surface area (Å²) >= 11 is 0. The molecule has 0 spiro atoms. The molecule has 2 aromatic rings. The van der Waals surface area contributed by atoms with Gasteiger partial charge in [0.15, 0.2) is 5.96 Å². The summed E-state index contributed by atoms with van der Waals surface area (Å²) in [5.74, 6) is 3.70. The lowest BCUT2D eigenvalue weighted by atomic mass is 10.1. The summed E-state index contributed by atoms with van der Waals surface area (Å²) in [6.07, 6.45) is 0.905. The number of guanidine groups is 1. The van der Waals surface area contributed by atoms with E-state index >= 15 is 0 Å². The van der Waals surface area contributed by atoms with Crippen molar-refractivity contribution in [3.05, 3.63) is 47.2 Å². The van der Waals surface area contributed by atoms with E-state index < -0.39 is 0 Å². The fourth-order valence-electron chi connectivity index (χ4n) is 2.34. The molecule has 27 heavy (non-hydrogen) atoms. The number of hydrogen-bond donors (Lipinski definition) is 2. The van der Waals surface area contributed by atoms with Gasteiger partial charge in [0.1, 0.15) is 11.5 Å². The lowest BCUT2D eigenvalue weighted by molar-refractivity contribution is 0.271. The van der Waals surface area contributed by atoms with Gasteiger partial charge in [-0.25, -0.2) is 4.98 Å². The number of ether oxygens (including phenoxy) is 1. The lowest BCUT2D eigenvalue weighted by Crippen LogP contribution is -2.37. The number of rotatable bonds is 8. The summed E-state index contributed by atoms with van der Waals surface area (Å²) < 4.78 is 11.3. The highest BCUT2D eigenvalue weighted by Crippen LogP contribution is 2.13. The Balaban J connectivity index is 0.00000364. The Morgan fingerprint density at radius 1 is 1.19 bits per heavy atom. The quantitative estimate of drug-likeness (QED) is 0.337.